The highest BCUT2D eigenvalue weighted by Crippen LogP contribution is 2.22. The van der Waals surface area contributed by atoms with Crippen LogP contribution in [0, 0.1) is 0 Å². The second kappa shape index (κ2) is 5.04. The molecule has 2 aromatic rings. The molecular formula is C10H13N3OS. The Morgan fingerprint density at radius 3 is 3.13 bits per heavy atom. The summed E-state index contributed by atoms with van der Waals surface area (Å²) < 4.78 is 5.52. The number of rotatable bonds is 5. The summed E-state index contributed by atoms with van der Waals surface area (Å²) in [5, 5.41) is 13.2. The van der Waals surface area contributed by atoms with Crippen LogP contribution in [0.3, 0.4) is 0 Å². The summed E-state index contributed by atoms with van der Waals surface area (Å²) >= 11 is 1.61. The molecule has 2 aromatic heterocycles. The topological polar surface area (TPSA) is 51.0 Å². The lowest BCUT2D eigenvalue weighted by Crippen LogP contribution is -2.16. The lowest BCUT2D eigenvalue weighted by atomic mass is 10.4. The van der Waals surface area contributed by atoms with E-state index in [4.69, 9.17) is 4.42 Å². The van der Waals surface area contributed by atoms with Crippen LogP contribution < -0.4 is 5.32 Å². The number of likely N-dealkylation sites (N-methyl/N-ethyl adjacent to an activating group) is 1. The molecule has 0 bridgehead atoms. The van der Waals surface area contributed by atoms with Crippen LogP contribution in [0.25, 0.3) is 10.8 Å². The third-order valence-corrected chi connectivity index (χ3v) is 2.82. The van der Waals surface area contributed by atoms with E-state index in [0.29, 0.717) is 11.8 Å². The van der Waals surface area contributed by atoms with Crippen molar-refractivity contribution in [3.05, 3.63) is 23.4 Å². The molecule has 0 aliphatic heterocycles. The van der Waals surface area contributed by atoms with E-state index in [2.05, 4.69) is 22.4 Å². The third-order valence-electron chi connectivity index (χ3n) is 1.96. The van der Waals surface area contributed by atoms with Gasteiger partial charge < -0.3 is 9.73 Å². The van der Waals surface area contributed by atoms with Crippen molar-refractivity contribution in [3.8, 4) is 10.8 Å². The fourth-order valence-electron chi connectivity index (χ4n) is 1.23. The molecule has 1 N–H and O–H groups in total. The first-order valence-electron chi connectivity index (χ1n) is 4.97. The van der Waals surface area contributed by atoms with Gasteiger partial charge in [-0.05, 0) is 18.0 Å². The second-order valence-corrected chi connectivity index (χ2v) is 4.03. The molecule has 15 heavy (non-hydrogen) atoms. The molecule has 0 atom stereocenters. The zero-order valence-corrected chi connectivity index (χ0v) is 9.38. The summed E-state index contributed by atoms with van der Waals surface area (Å²) in [6.45, 7) is 3.92. The van der Waals surface area contributed by atoms with Gasteiger partial charge in [0.25, 0.3) is 5.89 Å². The first-order chi connectivity index (χ1) is 7.40. The Hall–Kier alpha value is -1.20. The van der Waals surface area contributed by atoms with Crippen molar-refractivity contribution < 1.29 is 4.42 Å². The lowest BCUT2D eigenvalue weighted by molar-refractivity contribution is 0.497. The Bertz CT molecular complexity index is 396. The van der Waals surface area contributed by atoms with Crippen LogP contribution in [-0.2, 0) is 6.42 Å². The van der Waals surface area contributed by atoms with Gasteiger partial charge in [-0.25, -0.2) is 0 Å². The number of hydrogen-bond acceptors (Lipinski definition) is 5. The van der Waals surface area contributed by atoms with Crippen LogP contribution in [0.5, 0.6) is 0 Å². The summed E-state index contributed by atoms with van der Waals surface area (Å²) in [6.07, 6.45) is 0.784. The molecule has 2 rings (SSSR count). The fraction of sp³-hybridized carbons (Fsp3) is 0.400. The van der Waals surface area contributed by atoms with Crippen molar-refractivity contribution in [2.45, 2.75) is 13.3 Å². The van der Waals surface area contributed by atoms with Crippen LogP contribution in [0.4, 0.5) is 0 Å². The Labute approximate surface area is 92.3 Å². The molecular weight excluding hydrogens is 210 g/mol. The quantitative estimate of drug-likeness (QED) is 0.787. The van der Waals surface area contributed by atoms with Gasteiger partial charge in [-0.3, -0.25) is 0 Å². The molecule has 0 spiro atoms. The van der Waals surface area contributed by atoms with E-state index in [0.717, 1.165) is 24.4 Å². The van der Waals surface area contributed by atoms with Crippen LogP contribution in [0.1, 0.15) is 12.8 Å². The largest absolute Gasteiger partial charge is 0.420 e. The van der Waals surface area contributed by atoms with Crippen molar-refractivity contribution in [1.29, 1.82) is 0 Å². The van der Waals surface area contributed by atoms with Crippen LogP contribution in [0.15, 0.2) is 21.9 Å². The van der Waals surface area contributed by atoms with Crippen molar-refractivity contribution in [1.82, 2.24) is 15.5 Å². The predicted molar refractivity (Wildman–Crippen MR) is 59.9 cm³/mol. The van der Waals surface area contributed by atoms with Crippen molar-refractivity contribution in [2.75, 3.05) is 13.1 Å². The molecule has 80 valence electrons. The Morgan fingerprint density at radius 1 is 1.47 bits per heavy atom. The van der Waals surface area contributed by atoms with Gasteiger partial charge in [0.05, 0.1) is 4.88 Å². The van der Waals surface area contributed by atoms with Gasteiger partial charge in [0.1, 0.15) is 0 Å². The Kier molecular flexibility index (Phi) is 3.47. The van der Waals surface area contributed by atoms with Gasteiger partial charge in [-0.2, -0.15) is 0 Å². The van der Waals surface area contributed by atoms with Gasteiger partial charge in [-0.1, -0.05) is 13.0 Å². The van der Waals surface area contributed by atoms with E-state index in [-0.39, 0.29) is 0 Å². The van der Waals surface area contributed by atoms with Crippen molar-refractivity contribution in [2.24, 2.45) is 0 Å². The molecule has 4 nitrogen and oxygen atoms in total. The maximum atomic E-state index is 5.52. The van der Waals surface area contributed by atoms with Crippen molar-refractivity contribution in [3.63, 3.8) is 0 Å². The standard InChI is InChI=1S/C10H13N3OS/c1-2-11-6-5-9-12-13-10(14-9)8-4-3-7-15-8/h3-4,7,11H,2,5-6H2,1H3. The van der Waals surface area contributed by atoms with Gasteiger partial charge >= 0.3 is 0 Å². The van der Waals surface area contributed by atoms with Crippen LogP contribution in [-0.4, -0.2) is 23.3 Å². The average Bonchev–Trinajstić information content (AvgIpc) is 2.87. The molecule has 0 radical (unpaired) electrons. The normalized spacial score (nSPS) is 10.7. The maximum absolute atomic E-state index is 5.52. The van der Waals surface area contributed by atoms with Crippen molar-refractivity contribution >= 4 is 11.3 Å². The fourth-order valence-corrected chi connectivity index (χ4v) is 1.87. The zero-order valence-electron chi connectivity index (χ0n) is 8.56. The smallest absolute Gasteiger partial charge is 0.257 e. The minimum atomic E-state index is 0.622. The maximum Gasteiger partial charge on any atom is 0.257 e. The summed E-state index contributed by atoms with van der Waals surface area (Å²) in [5.41, 5.74) is 0. The number of nitrogens with one attached hydrogen (secondary N) is 1. The van der Waals surface area contributed by atoms with E-state index >= 15 is 0 Å². The highest BCUT2D eigenvalue weighted by molar-refractivity contribution is 7.13. The van der Waals surface area contributed by atoms with E-state index < -0.39 is 0 Å². The second-order valence-electron chi connectivity index (χ2n) is 3.08. The first-order valence-corrected chi connectivity index (χ1v) is 5.85. The number of nitrogens with zero attached hydrogens (tertiary/aromatic N) is 2. The van der Waals surface area contributed by atoms with Gasteiger partial charge in [0.2, 0.25) is 5.89 Å². The van der Waals surface area contributed by atoms with E-state index in [1.165, 1.54) is 0 Å². The molecule has 0 saturated heterocycles. The summed E-state index contributed by atoms with van der Waals surface area (Å²) in [6, 6.07) is 3.95. The number of aromatic nitrogens is 2. The molecule has 0 aliphatic carbocycles. The molecule has 0 aromatic carbocycles. The molecule has 0 unspecified atom stereocenters. The molecule has 0 saturated carbocycles. The molecule has 5 heteroatoms. The minimum Gasteiger partial charge on any atom is -0.420 e. The average molecular weight is 223 g/mol. The van der Waals surface area contributed by atoms with Gasteiger partial charge in [0.15, 0.2) is 0 Å². The van der Waals surface area contributed by atoms with E-state index in [1.54, 1.807) is 11.3 Å². The van der Waals surface area contributed by atoms with Gasteiger partial charge in [-0.15, -0.1) is 21.5 Å². The Morgan fingerprint density at radius 2 is 2.40 bits per heavy atom. The first kappa shape index (κ1) is 10.3. The van der Waals surface area contributed by atoms with E-state index in [1.807, 2.05) is 17.5 Å². The summed E-state index contributed by atoms with van der Waals surface area (Å²) in [7, 11) is 0. The molecule has 0 aliphatic rings. The highest BCUT2D eigenvalue weighted by Gasteiger charge is 2.08. The third kappa shape index (κ3) is 2.64. The van der Waals surface area contributed by atoms with Crippen LogP contribution in [0.2, 0.25) is 0 Å². The lowest BCUT2D eigenvalue weighted by Gasteiger charge is -1.95. The van der Waals surface area contributed by atoms with Crippen LogP contribution >= 0.6 is 11.3 Å². The SMILES string of the molecule is CCNCCc1nnc(-c2cccs2)o1. The monoisotopic (exact) mass is 223 g/mol. The highest BCUT2D eigenvalue weighted by atomic mass is 32.1. The zero-order chi connectivity index (χ0) is 10.5. The summed E-state index contributed by atoms with van der Waals surface area (Å²) in [5.74, 6) is 1.32. The molecule has 0 fully saturated rings. The number of hydrogen-bond donors (Lipinski definition) is 1. The minimum absolute atomic E-state index is 0.622. The molecule has 2 heterocycles. The predicted octanol–water partition coefficient (Wildman–Crippen LogP) is 1.95. The number of thiophene rings is 1. The summed E-state index contributed by atoms with van der Waals surface area (Å²) in [4.78, 5) is 1.03. The van der Waals surface area contributed by atoms with E-state index in [9.17, 15) is 0 Å². The van der Waals surface area contributed by atoms with Gasteiger partial charge in [0, 0.05) is 13.0 Å². The Balaban J connectivity index is 1.98. The molecule has 0 amide bonds.